The first-order valence-corrected chi connectivity index (χ1v) is 20.1. The van der Waals surface area contributed by atoms with Crippen molar-refractivity contribution in [3.63, 3.8) is 0 Å². The lowest BCUT2D eigenvalue weighted by molar-refractivity contribution is -0.149. The lowest BCUT2D eigenvalue weighted by atomic mass is 9.74. The molecule has 7 nitrogen and oxygen atoms in total. The van der Waals surface area contributed by atoms with Crippen LogP contribution in [0.25, 0.3) is 0 Å². The number of fused-ring (bicyclic) bond motifs is 1. The van der Waals surface area contributed by atoms with E-state index in [-0.39, 0.29) is 17.0 Å². The number of carbonyl (C=O) groups excluding carboxylic acids is 1. The maximum Gasteiger partial charge on any atom is 0.308 e. The molecular formula is C36H42Cl2FNO6Si. The molecule has 0 unspecified atom stereocenters. The summed E-state index contributed by atoms with van der Waals surface area (Å²) in [7, 11) is -0.816. The summed E-state index contributed by atoms with van der Waals surface area (Å²) in [5.74, 6) is -3.42. The zero-order valence-electron chi connectivity index (χ0n) is 27.6. The van der Waals surface area contributed by atoms with E-state index in [2.05, 4.69) is 19.6 Å². The molecule has 0 spiro atoms. The molecule has 2 heterocycles. The van der Waals surface area contributed by atoms with Crippen LogP contribution < -0.4 is 0 Å². The molecule has 3 aromatic rings. The van der Waals surface area contributed by atoms with Crippen LogP contribution in [0.5, 0.6) is 0 Å². The van der Waals surface area contributed by atoms with Crippen molar-refractivity contribution in [2.45, 2.75) is 70.1 Å². The summed E-state index contributed by atoms with van der Waals surface area (Å²) in [6.07, 6.45) is 2.03. The molecule has 3 aromatic carbocycles. The van der Waals surface area contributed by atoms with Gasteiger partial charge in [0.2, 0.25) is 0 Å². The summed E-state index contributed by atoms with van der Waals surface area (Å²) < 4.78 is 36.2. The molecule has 0 bridgehead atoms. The van der Waals surface area contributed by atoms with Crippen molar-refractivity contribution in [1.29, 1.82) is 0 Å². The topological polar surface area (TPSA) is 85.3 Å². The van der Waals surface area contributed by atoms with E-state index in [0.717, 1.165) is 12.8 Å². The predicted molar refractivity (Wildman–Crippen MR) is 183 cm³/mol. The Morgan fingerprint density at radius 2 is 1.66 bits per heavy atom. The van der Waals surface area contributed by atoms with E-state index in [1.807, 2.05) is 6.92 Å². The summed E-state index contributed by atoms with van der Waals surface area (Å²) >= 11 is 12.5. The second-order valence-corrected chi connectivity index (χ2v) is 18.7. The van der Waals surface area contributed by atoms with Gasteiger partial charge in [0.25, 0.3) is 5.91 Å². The zero-order chi connectivity index (χ0) is 34.3. The van der Waals surface area contributed by atoms with Crippen molar-refractivity contribution in [1.82, 2.24) is 4.90 Å². The van der Waals surface area contributed by atoms with Crippen LogP contribution in [0.4, 0.5) is 4.39 Å². The Hall–Kier alpha value is -2.79. The number of hydrogen-bond acceptors (Lipinski definition) is 5. The molecule has 4 atom stereocenters. The molecule has 252 valence electrons. The van der Waals surface area contributed by atoms with Crippen LogP contribution in [0.15, 0.2) is 60.7 Å². The highest BCUT2D eigenvalue weighted by Gasteiger charge is 2.58. The molecule has 2 aliphatic rings. The standard InChI is InChI=1S/C36H42Cl2FNO6Si/c1-7-35(46-47(4,5)6,24-16-18-45-19-17-24)26-20-29-31(30(39)21-26)36(44-3,25-10-14-28(38)15-11-25)40(33(29)41)32(22(2)34(42)43)23-8-12-27(37)13-9-23/h8-15,20-22,24,32H,7,16-19H2,1-6H3,(H,42,43)/t22-,32-,35-,36+/m0/s1. The number of methoxy groups -OCH3 is 1. The number of carboxylic acid groups (broad SMARTS) is 1. The first-order chi connectivity index (χ1) is 22.2. The number of rotatable bonds is 11. The molecule has 0 aromatic heterocycles. The van der Waals surface area contributed by atoms with Gasteiger partial charge in [-0.3, -0.25) is 14.5 Å². The van der Waals surface area contributed by atoms with Gasteiger partial charge in [0.15, 0.2) is 14.0 Å². The average Bonchev–Trinajstić information content (AvgIpc) is 3.29. The van der Waals surface area contributed by atoms with Gasteiger partial charge in [-0.2, -0.15) is 0 Å². The number of hydrogen-bond donors (Lipinski definition) is 1. The first-order valence-electron chi connectivity index (χ1n) is 16.0. The molecule has 11 heteroatoms. The monoisotopic (exact) mass is 701 g/mol. The summed E-state index contributed by atoms with van der Waals surface area (Å²) in [4.78, 5) is 29.0. The maximum atomic E-state index is 17.2. The lowest BCUT2D eigenvalue weighted by Crippen LogP contribution is -2.51. The Labute approximate surface area is 287 Å². The van der Waals surface area contributed by atoms with Crippen LogP contribution in [0, 0.1) is 17.7 Å². The third-order valence-corrected chi connectivity index (χ3v) is 11.0. The fourth-order valence-corrected chi connectivity index (χ4v) is 9.24. The molecule has 1 amide bonds. The highest BCUT2D eigenvalue weighted by atomic mass is 35.5. The van der Waals surface area contributed by atoms with Crippen LogP contribution >= 0.6 is 23.2 Å². The van der Waals surface area contributed by atoms with E-state index in [0.29, 0.717) is 46.4 Å². The molecule has 2 aliphatic heterocycles. The fraction of sp³-hybridized carbons (Fsp3) is 0.444. The predicted octanol–water partition coefficient (Wildman–Crippen LogP) is 8.78. The Morgan fingerprint density at radius 1 is 1.09 bits per heavy atom. The smallest absolute Gasteiger partial charge is 0.308 e. The number of ether oxygens (including phenoxy) is 2. The first kappa shape index (κ1) is 35.5. The van der Waals surface area contributed by atoms with Gasteiger partial charge >= 0.3 is 5.97 Å². The number of halogens is 3. The molecule has 1 N–H and O–H groups in total. The number of nitrogens with zero attached hydrogens (tertiary/aromatic N) is 1. The quantitative estimate of drug-likeness (QED) is 0.201. The molecule has 1 saturated heterocycles. The third-order valence-electron chi connectivity index (χ3n) is 9.48. The van der Waals surface area contributed by atoms with Crippen molar-refractivity contribution >= 4 is 43.4 Å². The minimum absolute atomic E-state index is 0.0117. The SMILES string of the molecule is CC[C@@](O[Si](C)(C)C)(c1cc(F)c2c(c1)C(=O)N([C@H](c1ccc(Cl)cc1)[C@H](C)C(=O)O)[C@@]2(OC)c1ccc(Cl)cc1)C1CCOCC1. The number of carbonyl (C=O) groups is 2. The van der Waals surface area contributed by atoms with Gasteiger partial charge in [0, 0.05) is 35.9 Å². The second kappa shape index (κ2) is 13.6. The molecule has 0 saturated carbocycles. The van der Waals surface area contributed by atoms with E-state index in [9.17, 15) is 14.7 Å². The molecule has 0 radical (unpaired) electrons. The van der Waals surface area contributed by atoms with Crippen molar-refractivity contribution in [2.24, 2.45) is 11.8 Å². The summed E-state index contributed by atoms with van der Waals surface area (Å²) in [5, 5.41) is 11.2. The largest absolute Gasteiger partial charge is 0.481 e. The van der Waals surface area contributed by atoms with E-state index in [1.54, 1.807) is 54.6 Å². The molecule has 5 rings (SSSR count). The van der Waals surface area contributed by atoms with Crippen LogP contribution in [-0.2, 0) is 30.0 Å². The molecular weight excluding hydrogens is 660 g/mol. The normalized spacial score (nSPS) is 21.3. The zero-order valence-corrected chi connectivity index (χ0v) is 30.1. The summed E-state index contributed by atoms with van der Waals surface area (Å²) in [6.45, 7) is 11.0. The van der Waals surface area contributed by atoms with Gasteiger partial charge in [-0.1, -0.05) is 54.4 Å². The lowest BCUT2D eigenvalue weighted by Gasteiger charge is -2.46. The van der Waals surface area contributed by atoms with Gasteiger partial charge in [0.05, 0.1) is 28.7 Å². The van der Waals surface area contributed by atoms with E-state index in [4.69, 9.17) is 37.1 Å². The van der Waals surface area contributed by atoms with Gasteiger partial charge in [-0.25, -0.2) is 4.39 Å². The Bertz CT molecular complexity index is 1630. The Morgan fingerprint density at radius 3 is 2.17 bits per heavy atom. The number of aliphatic carboxylic acids is 1. The summed E-state index contributed by atoms with van der Waals surface area (Å²) in [5.41, 5.74) is -1.08. The number of benzene rings is 3. The Kier molecular flexibility index (Phi) is 10.3. The molecule has 47 heavy (non-hydrogen) atoms. The van der Waals surface area contributed by atoms with Crippen molar-refractivity contribution < 1.29 is 33.0 Å². The number of amides is 1. The van der Waals surface area contributed by atoms with Gasteiger partial charge in [-0.15, -0.1) is 0 Å². The molecule has 0 aliphatic carbocycles. The van der Waals surface area contributed by atoms with Crippen LogP contribution in [0.1, 0.15) is 71.8 Å². The third kappa shape index (κ3) is 6.38. The van der Waals surface area contributed by atoms with Crippen LogP contribution in [0.2, 0.25) is 29.7 Å². The average molecular weight is 703 g/mol. The van der Waals surface area contributed by atoms with Crippen molar-refractivity contribution in [2.75, 3.05) is 20.3 Å². The maximum absolute atomic E-state index is 17.2. The number of carboxylic acids is 1. The highest BCUT2D eigenvalue weighted by molar-refractivity contribution is 6.69. The van der Waals surface area contributed by atoms with E-state index >= 15 is 4.39 Å². The Balaban J connectivity index is 1.82. The highest BCUT2D eigenvalue weighted by Crippen LogP contribution is 2.54. The van der Waals surface area contributed by atoms with Gasteiger partial charge in [0.1, 0.15) is 5.82 Å². The van der Waals surface area contributed by atoms with Gasteiger partial charge < -0.3 is 19.0 Å². The fourth-order valence-electron chi connectivity index (χ4n) is 7.47. The minimum atomic E-state index is -2.21. The van der Waals surface area contributed by atoms with Gasteiger partial charge in [-0.05, 0) is 99.3 Å². The van der Waals surface area contributed by atoms with Crippen molar-refractivity contribution in [3.05, 3.63) is 104 Å². The van der Waals surface area contributed by atoms with E-state index in [1.165, 1.54) is 25.0 Å². The van der Waals surface area contributed by atoms with E-state index < -0.39 is 49.3 Å². The van der Waals surface area contributed by atoms with Crippen LogP contribution in [0.3, 0.4) is 0 Å². The summed E-state index contributed by atoms with van der Waals surface area (Å²) in [6, 6.07) is 15.4. The second-order valence-electron chi connectivity index (χ2n) is 13.4. The minimum Gasteiger partial charge on any atom is -0.481 e. The van der Waals surface area contributed by atoms with Crippen molar-refractivity contribution in [3.8, 4) is 0 Å². The molecule has 1 fully saturated rings. The van der Waals surface area contributed by atoms with Crippen LogP contribution in [-0.4, -0.2) is 50.5 Å².